The first-order valence-corrected chi connectivity index (χ1v) is 14.6. The fraction of sp³-hybridized carbons (Fsp3) is 0.219. The van der Waals surface area contributed by atoms with E-state index in [0.717, 1.165) is 42.4 Å². The van der Waals surface area contributed by atoms with Gasteiger partial charge in [-0.2, -0.15) is 0 Å². The van der Waals surface area contributed by atoms with E-state index in [1.54, 1.807) is 54.1 Å². The Bertz CT molecular complexity index is 1690. The van der Waals surface area contributed by atoms with E-state index in [1.165, 1.54) is 17.0 Å². The molecule has 9 nitrogen and oxygen atoms in total. The van der Waals surface area contributed by atoms with E-state index in [0.29, 0.717) is 28.2 Å². The lowest BCUT2D eigenvalue weighted by Crippen LogP contribution is -2.44. The normalized spacial score (nSPS) is 16.9. The van der Waals surface area contributed by atoms with Crippen molar-refractivity contribution < 1.29 is 14.4 Å². The van der Waals surface area contributed by atoms with Crippen LogP contribution in [0.4, 0.5) is 22.7 Å². The average Bonchev–Trinajstić information content (AvgIpc) is 3.58. The van der Waals surface area contributed by atoms with Gasteiger partial charge in [-0.3, -0.25) is 19.4 Å². The summed E-state index contributed by atoms with van der Waals surface area (Å²) in [5.41, 5.74) is 5.01. The standard InChI is InChI=1S/C32H30N6O3S/c1-20-34-29(19-42-20)32(41)35-24-5-3-4-21(16-24)30(39)22-6-11-26-27(31(40)36-28(26)17-22)18-33-23-7-9-25(10-8-23)38-14-12-37(2)13-15-38/h3-11,16-19,27H,12-15H2,1-2H3,(H,35,41)(H,36,40). The first-order chi connectivity index (χ1) is 20.3. The highest BCUT2D eigenvalue weighted by Gasteiger charge is 2.30. The van der Waals surface area contributed by atoms with E-state index < -0.39 is 5.92 Å². The van der Waals surface area contributed by atoms with Gasteiger partial charge in [0.25, 0.3) is 5.91 Å². The zero-order valence-electron chi connectivity index (χ0n) is 23.3. The maximum absolute atomic E-state index is 13.3. The summed E-state index contributed by atoms with van der Waals surface area (Å²) >= 11 is 1.40. The van der Waals surface area contributed by atoms with E-state index in [4.69, 9.17) is 0 Å². The summed E-state index contributed by atoms with van der Waals surface area (Å²) in [7, 11) is 2.14. The minimum atomic E-state index is -0.547. The molecule has 212 valence electrons. The van der Waals surface area contributed by atoms with Gasteiger partial charge in [0, 0.05) is 66.0 Å². The monoisotopic (exact) mass is 578 g/mol. The number of nitrogens with zero attached hydrogens (tertiary/aromatic N) is 4. The Hall–Kier alpha value is -4.67. The van der Waals surface area contributed by atoms with Crippen LogP contribution < -0.4 is 15.5 Å². The summed E-state index contributed by atoms with van der Waals surface area (Å²) in [6.07, 6.45) is 1.66. The van der Waals surface area contributed by atoms with Gasteiger partial charge in [-0.05, 0) is 62.0 Å². The molecular weight excluding hydrogens is 548 g/mol. The van der Waals surface area contributed by atoms with Crippen molar-refractivity contribution in [2.45, 2.75) is 12.8 Å². The Morgan fingerprint density at radius 1 is 1.02 bits per heavy atom. The van der Waals surface area contributed by atoms with Crippen LogP contribution in [-0.4, -0.2) is 66.9 Å². The number of aromatic nitrogens is 1. The number of likely N-dealkylation sites (N-methyl/N-ethyl adjacent to an activating group) is 1. The molecular formula is C32H30N6O3S. The van der Waals surface area contributed by atoms with E-state index in [1.807, 2.05) is 19.1 Å². The predicted octanol–water partition coefficient (Wildman–Crippen LogP) is 5.12. The smallest absolute Gasteiger partial charge is 0.275 e. The van der Waals surface area contributed by atoms with Gasteiger partial charge < -0.3 is 20.4 Å². The van der Waals surface area contributed by atoms with Gasteiger partial charge in [0.1, 0.15) is 11.6 Å². The molecule has 1 saturated heterocycles. The van der Waals surface area contributed by atoms with Crippen LogP contribution in [0.5, 0.6) is 0 Å². The molecule has 0 bridgehead atoms. The zero-order valence-corrected chi connectivity index (χ0v) is 24.1. The van der Waals surface area contributed by atoms with Crippen LogP contribution in [-0.2, 0) is 4.79 Å². The molecule has 1 atom stereocenters. The highest BCUT2D eigenvalue weighted by atomic mass is 32.1. The number of piperazine rings is 1. The Balaban J connectivity index is 1.13. The first kappa shape index (κ1) is 27.5. The molecule has 0 saturated carbocycles. The number of hydrogen-bond donors (Lipinski definition) is 2. The molecule has 6 rings (SSSR count). The van der Waals surface area contributed by atoms with Gasteiger partial charge in [-0.15, -0.1) is 11.3 Å². The van der Waals surface area contributed by atoms with Crippen LogP contribution in [0.3, 0.4) is 0 Å². The SMILES string of the molecule is Cc1nc(C(=O)Nc2cccc(C(=O)c3ccc4c(c3)NC(=O)C4C=Nc3ccc(N4CCN(C)CC4)cc3)c2)cs1. The van der Waals surface area contributed by atoms with Crippen molar-refractivity contribution in [1.82, 2.24) is 9.88 Å². The van der Waals surface area contributed by atoms with Crippen molar-refractivity contribution in [2.24, 2.45) is 4.99 Å². The van der Waals surface area contributed by atoms with Crippen molar-refractivity contribution in [3.8, 4) is 0 Å². The molecule has 0 aliphatic carbocycles. The van der Waals surface area contributed by atoms with Gasteiger partial charge in [-0.25, -0.2) is 4.98 Å². The highest BCUT2D eigenvalue weighted by Crippen LogP contribution is 2.33. The van der Waals surface area contributed by atoms with Crippen LogP contribution in [0.25, 0.3) is 0 Å². The minimum absolute atomic E-state index is 0.186. The average molecular weight is 579 g/mol. The number of fused-ring (bicyclic) bond motifs is 1. The molecule has 2 aliphatic heterocycles. The number of carbonyl (C=O) groups excluding carboxylic acids is 3. The number of aryl methyl sites for hydroxylation is 1. The second kappa shape index (κ2) is 11.7. The lowest BCUT2D eigenvalue weighted by atomic mass is 9.97. The number of rotatable bonds is 7. The predicted molar refractivity (Wildman–Crippen MR) is 167 cm³/mol. The van der Waals surface area contributed by atoms with E-state index in [2.05, 4.69) is 49.6 Å². The van der Waals surface area contributed by atoms with E-state index in [9.17, 15) is 14.4 Å². The van der Waals surface area contributed by atoms with Crippen LogP contribution in [0.1, 0.15) is 42.9 Å². The van der Waals surface area contributed by atoms with Gasteiger partial charge in [0.2, 0.25) is 5.91 Å². The second-order valence-electron chi connectivity index (χ2n) is 10.5. The largest absolute Gasteiger partial charge is 0.369 e. The highest BCUT2D eigenvalue weighted by molar-refractivity contribution is 7.09. The molecule has 2 aliphatic rings. The Kier molecular flexibility index (Phi) is 7.64. The lowest BCUT2D eigenvalue weighted by molar-refractivity contribution is -0.115. The van der Waals surface area contributed by atoms with Crippen LogP contribution in [0.15, 0.2) is 77.1 Å². The topological polar surface area (TPSA) is 107 Å². The molecule has 0 radical (unpaired) electrons. The fourth-order valence-electron chi connectivity index (χ4n) is 5.12. The third-order valence-electron chi connectivity index (χ3n) is 7.52. The number of carbonyl (C=O) groups is 3. The summed E-state index contributed by atoms with van der Waals surface area (Å²) in [6, 6.07) is 20.0. The van der Waals surface area contributed by atoms with Gasteiger partial charge in [0.15, 0.2) is 5.78 Å². The molecule has 1 fully saturated rings. The minimum Gasteiger partial charge on any atom is -0.369 e. The number of thiazole rings is 1. The zero-order chi connectivity index (χ0) is 29.2. The third-order valence-corrected chi connectivity index (χ3v) is 8.29. The van der Waals surface area contributed by atoms with Crippen molar-refractivity contribution in [1.29, 1.82) is 0 Å². The molecule has 1 aromatic heterocycles. The Morgan fingerprint density at radius 3 is 2.52 bits per heavy atom. The molecule has 3 aromatic carbocycles. The van der Waals surface area contributed by atoms with Crippen LogP contribution >= 0.6 is 11.3 Å². The number of hydrogen-bond acceptors (Lipinski definition) is 8. The third kappa shape index (κ3) is 5.86. The maximum Gasteiger partial charge on any atom is 0.275 e. The van der Waals surface area contributed by atoms with E-state index in [-0.39, 0.29) is 17.6 Å². The number of ketones is 1. The molecule has 3 heterocycles. The second-order valence-corrected chi connectivity index (χ2v) is 11.5. The van der Waals surface area contributed by atoms with Crippen molar-refractivity contribution in [3.63, 3.8) is 0 Å². The van der Waals surface area contributed by atoms with Gasteiger partial charge in [0.05, 0.1) is 10.7 Å². The quantitative estimate of drug-likeness (QED) is 0.233. The summed E-state index contributed by atoms with van der Waals surface area (Å²) in [6.45, 7) is 5.92. The molecule has 42 heavy (non-hydrogen) atoms. The Morgan fingerprint density at radius 2 is 1.79 bits per heavy atom. The molecule has 4 aromatic rings. The summed E-state index contributed by atoms with van der Waals surface area (Å²) in [5, 5.41) is 8.18. The number of anilines is 3. The summed E-state index contributed by atoms with van der Waals surface area (Å²) in [4.78, 5) is 52.1. The molecule has 10 heteroatoms. The number of nitrogens with one attached hydrogen (secondary N) is 2. The van der Waals surface area contributed by atoms with Crippen molar-refractivity contribution in [2.75, 3.05) is 48.8 Å². The number of benzene rings is 3. The Labute approximate surface area is 247 Å². The van der Waals surface area contributed by atoms with Crippen molar-refractivity contribution >= 4 is 57.9 Å². The lowest BCUT2D eigenvalue weighted by Gasteiger charge is -2.34. The van der Waals surface area contributed by atoms with Crippen LogP contribution in [0.2, 0.25) is 0 Å². The first-order valence-electron chi connectivity index (χ1n) is 13.7. The number of aliphatic imine (C=N–C) groups is 1. The number of amides is 2. The van der Waals surface area contributed by atoms with Gasteiger partial charge in [-0.1, -0.05) is 24.3 Å². The van der Waals surface area contributed by atoms with Crippen LogP contribution in [0, 0.1) is 6.92 Å². The van der Waals surface area contributed by atoms with E-state index >= 15 is 0 Å². The van der Waals surface area contributed by atoms with Crippen molar-refractivity contribution in [3.05, 3.63) is 99.5 Å². The fourth-order valence-corrected chi connectivity index (χ4v) is 5.71. The summed E-state index contributed by atoms with van der Waals surface area (Å²) in [5.74, 6) is -1.28. The summed E-state index contributed by atoms with van der Waals surface area (Å²) < 4.78 is 0. The maximum atomic E-state index is 13.3. The van der Waals surface area contributed by atoms with Gasteiger partial charge >= 0.3 is 0 Å². The molecule has 2 amide bonds. The molecule has 1 unspecified atom stereocenters. The molecule has 2 N–H and O–H groups in total. The molecule has 0 spiro atoms.